The van der Waals surface area contributed by atoms with Crippen LogP contribution in [0.5, 0.6) is 11.5 Å². The van der Waals surface area contributed by atoms with Gasteiger partial charge in [-0.05, 0) is 73.5 Å². The molecule has 10 nitrogen and oxygen atoms in total. The Morgan fingerprint density at radius 3 is 1.32 bits per heavy atom. The highest BCUT2D eigenvalue weighted by Gasteiger charge is 2.13. The maximum Gasteiger partial charge on any atom is 0.343 e. The van der Waals surface area contributed by atoms with E-state index >= 15 is 0 Å². The predicted octanol–water partition coefficient (Wildman–Crippen LogP) is 8.37. The fourth-order valence-electron chi connectivity index (χ4n) is 4.63. The first-order valence-corrected chi connectivity index (χ1v) is 17.6. The van der Waals surface area contributed by atoms with Crippen LogP contribution in [0.3, 0.4) is 0 Å². The van der Waals surface area contributed by atoms with Crippen molar-refractivity contribution < 1.29 is 28.7 Å². The molecule has 0 saturated carbocycles. The molecule has 4 aromatic carbocycles. The largest absolute Gasteiger partial charge is 0.422 e. The monoisotopic (exact) mass is 802 g/mol. The fraction of sp³-hybridized carbons (Fsp3) is 0.211. The van der Waals surface area contributed by atoms with Crippen molar-refractivity contribution in [1.82, 2.24) is 10.9 Å². The summed E-state index contributed by atoms with van der Waals surface area (Å²) in [7, 11) is 0. The van der Waals surface area contributed by atoms with Crippen LogP contribution in [0.25, 0.3) is 0 Å². The van der Waals surface area contributed by atoms with E-state index < -0.39 is 11.9 Å². The van der Waals surface area contributed by atoms with Crippen LogP contribution >= 0.6 is 31.9 Å². The van der Waals surface area contributed by atoms with Gasteiger partial charge in [0.05, 0.1) is 23.6 Å². The SMILES string of the molecule is O=C(CCCCCCCCC(=O)N/N=C\c1cc(Br)ccc1OC(=O)c1ccccc1)N/N=C\c1cc(Br)ccc1OC(=O)c1ccccc1. The zero-order chi connectivity index (χ0) is 35.6. The first kappa shape index (κ1) is 37.9. The lowest BCUT2D eigenvalue weighted by Gasteiger charge is -2.08. The lowest BCUT2D eigenvalue weighted by molar-refractivity contribution is -0.122. The number of benzene rings is 4. The summed E-state index contributed by atoms with van der Waals surface area (Å²) < 4.78 is 12.6. The van der Waals surface area contributed by atoms with E-state index in [0.29, 0.717) is 59.4 Å². The Labute approximate surface area is 307 Å². The molecule has 0 saturated heterocycles. The third-order valence-electron chi connectivity index (χ3n) is 7.21. The lowest BCUT2D eigenvalue weighted by atomic mass is 10.1. The van der Waals surface area contributed by atoms with Gasteiger partial charge in [0.1, 0.15) is 11.5 Å². The van der Waals surface area contributed by atoms with E-state index in [-0.39, 0.29) is 11.8 Å². The average Bonchev–Trinajstić information content (AvgIpc) is 3.12. The quantitative estimate of drug-likeness (QED) is 0.0362. The average molecular weight is 805 g/mol. The number of amides is 2. The van der Waals surface area contributed by atoms with Gasteiger partial charge < -0.3 is 9.47 Å². The molecule has 50 heavy (non-hydrogen) atoms. The van der Waals surface area contributed by atoms with Crippen LogP contribution in [0.15, 0.2) is 116 Å². The summed E-state index contributed by atoms with van der Waals surface area (Å²) in [6, 6.07) is 27.7. The normalized spacial score (nSPS) is 11.0. The molecule has 0 atom stereocenters. The molecule has 258 valence electrons. The van der Waals surface area contributed by atoms with Gasteiger partial charge in [-0.2, -0.15) is 10.2 Å². The van der Waals surface area contributed by atoms with Gasteiger partial charge in [-0.15, -0.1) is 0 Å². The zero-order valence-corrected chi connectivity index (χ0v) is 30.3. The van der Waals surface area contributed by atoms with Crippen molar-refractivity contribution in [3.05, 3.63) is 128 Å². The predicted molar refractivity (Wildman–Crippen MR) is 199 cm³/mol. The summed E-state index contributed by atoms with van der Waals surface area (Å²) in [5.41, 5.74) is 6.98. The number of hydrogen-bond acceptors (Lipinski definition) is 8. The van der Waals surface area contributed by atoms with Gasteiger partial charge in [-0.1, -0.05) is 93.9 Å². The number of rotatable bonds is 17. The molecule has 0 radical (unpaired) electrons. The van der Waals surface area contributed by atoms with E-state index in [1.165, 1.54) is 12.4 Å². The molecule has 2 amide bonds. The number of nitrogens with one attached hydrogen (secondary N) is 2. The minimum absolute atomic E-state index is 0.208. The van der Waals surface area contributed by atoms with Gasteiger partial charge in [-0.3, -0.25) is 9.59 Å². The number of ether oxygens (including phenoxy) is 2. The lowest BCUT2D eigenvalue weighted by Crippen LogP contribution is -2.17. The Hall–Kier alpha value is -4.94. The van der Waals surface area contributed by atoms with Crippen molar-refractivity contribution in [2.24, 2.45) is 10.2 Å². The number of carbonyl (C=O) groups excluding carboxylic acids is 4. The second-order valence-corrected chi connectivity index (χ2v) is 12.9. The number of hydrogen-bond donors (Lipinski definition) is 2. The number of nitrogens with zero attached hydrogens (tertiary/aromatic N) is 2. The molecule has 0 aromatic heterocycles. The van der Waals surface area contributed by atoms with Crippen LogP contribution in [0.2, 0.25) is 0 Å². The number of carbonyl (C=O) groups is 4. The Balaban J connectivity index is 1.08. The number of esters is 2. The van der Waals surface area contributed by atoms with Crippen molar-refractivity contribution in [2.75, 3.05) is 0 Å². The van der Waals surface area contributed by atoms with E-state index in [1.54, 1.807) is 84.9 Å². The van der Waals surface area contributed by atoms with Gasteiger partial charge in [0.2, 0.25) is 11.8 Å². The first-order chi connectivity index (χ1) is 24.3. The molecule has 0 aliphatic carbocycles. The van der Waals surface area contributed by atoms with Crippen molar-refractivity contribution in [1.29, 1.82) is 0 Å². The second-order valence-electron chi connectivity index (χ2n) is 11.1. The minimum atomic E-state index is -0.489. The Kier molecular flexibility index (Phi) is 15.6. The molecule has 0 bridgehead atoms. The second kappa shape index (κ2) is 20.5. The summed E-state index contributed by atoms with van der Waals surface area (Å²) in [6.07, 6.45) is 8.62. The van der Waals surface area contributed by atoms with Crippen LogP contribution in [0.4, 0.5) is 0 Å². The van der Waals surface area contributed by atoms with Gasteiger partial charge in [0.15, 0.2) is 0 Å². The maximum absolute atomic E-state index is 12.5. The van der Waals surface area contributed by atoms with E-state index in [2.05, 4.69) is 52.9 Å². The van der Waals surface area contributed by atoms with Crippen molar-refractivity contribution in [3.63, 3.8) is 0 Å². The molecule has 12 heteroatoms. The van der Waals surface area contributed by atoms with Crippen LogP contribution in [0.1, 0.15) is 83.2 Å². The Bertz CT molecular complexity index is 1680. The summed E-state index contributed by atoms with van der Waals surface area (Å²) in [6.45, 7) is 0. The molecule has 0 unspecified atom stereocenters. The van der Waals surface area contributed by atoms with E-state index in [4.69, 9.17) is 9.47 Å². The number of halogens is 2. The maximum atomic E-state index is 12.5. The molecule has 4 aromatic rings. The molecule has 0 fully saturated rings. The van der Waals surface area contributed by atoms with Crippen LogP contribution < -0.4 is 20.3 Å². The molecule has 0 spiro atoms. The summed E-state index contributed by atoms with van der Waals surface area (Å²) in [4.78, 5) is 49.5. The number of unbranched alkanes of at least 4 members (excludes halogenated alkanes) is 5. The highest BCUT2D eigenvalue weighted by molar-refractivity contribution is 9.10. The summed E-state index contributed by atoms with van der Waals surface area (Å²) in [5, 5.41) is 8.08. The van der Waals surface area contributed by atoms with Crippen molar-refractivity contribution >= 4 is 68.0 Å². The third kappa shape index (κ3) is 13.2. The molecule has 0 aliphatic heterocycles. The molecular formula is C38H36Br2N4O6. The molecule has 0 heterocycles. The Morgan fingerprint density at radius 2 is 0.920 bits per heavy atom. The minimum Gasteiger partial charge on any atom is -0.422 e. The standard InChI is InChI=1S/C38H36Br2N4O6/c39-31-19-21-33(49-37(47)27-13-7-5-8-14-27)29(23-31)25-41-43-35(45)17-11-3-1-2-4-12-18-36(46)44-42-26-30-24-32(40)20-22-34(30)50-38(48)28-15-9-6-10-16-28/h5-10,13-16,19-26H,1-4,11-12,17-18H2,(H,43,45)(H,44,46)/b41-25-,42-26-. The highest BCUT2D eigenvalue weighted by atomic mass is 79.9. The zero-order valence-electron chi connectivity index (χ0n) is 27.1. The molecule has 0 aliphatic rings. The van der Waals surface area contributed by atoms with Gasteiger partial charge in [0, 0.05) is 32.9 Å². The summed E-state index contributed by atoms with van der Waals surface area (Å²) >= 11 is 6.81. The molecule has 2 N–H and O–H groups in total. The van der Waals surface area contributed by atoms with Crippen LogP contribution in [-0.2, 0) is 9.59 Å². The molecular weight excluding hydrogens is 768 g/mol. The Morgan fingerprint density at radius 1 is 0.540 bits per heavy atom. The van der Waals surface area contributed by atoms with Crippen molar-refractivity contribution in [3.8, 4) is 11.5 Å². The first-order valence-electron chi connectivity index (χ1n) is 16.1. The van der Waals surface area contributed by atoms with E-state index in [1.807, 2.05) is 12.1 Å². The molecule has 4 rings (SSSR count). The van der Waals surface area contributed by atoms with E-state index in [0.717, 1.165) is 34.6 Å². The summed E-state index contributed by atoms with van der Waals surface area (Å²) in [5.74, 6) is -0.748. The third-order valence-corrected chi connectivity index (χ3v) is 8.20. The van der Waals surface area contributed by atoms with Crippen LogP contribution in [0, 0.1) is 0 Å². The topological polar surface area (TPSA) is 136 Å². The van der Waals surface area contributed by atoms with E-state index in [9.17, 15) is 19.2 Å². The smallest absolute Gasteiger partial charge is 0.343 e. The van der Waals surface area contributed by atoms with Gasteiger partial charge >= 0.3 is 11.9 Å². The van der Waals surface area contributed by atoms with Gasteiger partial charge in [0.25, 0.3) is 0 Å². The van der Waals surface area contributed by atoms with Crippen molar-refractivity contribution in [2.45, 2.75) is 51.4 Å². The number of hydrazone groups is 2. The van der Waals surface area contributed by atoms with Crippen LogP contribution in [-0.4, -0.2) is 36.2 Å². The fourth-order valence-corrected chi connectivity index (χ4v) is 5.39. The van der Waals surface area contributed by atoms with Gasteiger partial charge in [-0.25, -0.2) is 20.4 Å². The highest BCUT2D eigenvalue weighted by Crippen LogP contribution is 2.24.